The van der Waals surface area contributed by atoms with Crippen LogP contribution in [0, 0.1) is 11.7 Å². The Bertz CT molecular complexity index is 1040. The molecule has 0 spiro atoms. The highest BCUT2D eigenvalue weighted by atomic mass is 19.1. The summed E-state index contributed by atoms with van der Waals surface area (Å²) in [4.78, 5) is 27.8. The Morgan fingerprint density at radius 2 is 1.81 bits per heavy atom. The van der Waals surface area contributed by atoms with Crippen LogP contribution < -0.4 is 4.74 Å². The third kappa shape index (κ3) is 4.27. The summed E-state index contributed by atoms with van der Waals surface area (Å²) in [5, 5.41) is 11.2. The topological polar surface area (TPSA) is 66.8 Å². The number of hydrogen-bond acceptors (Lipinski definition) is 4. The molecule has 1 saturated heterocycles. The molecule has 1 aliphatic carbocycles. The number of ketones is 1. The molecule has 168 valence electrons. The molecule has 32 heavy (non-hydrogen) atoms. The van der Waals surface area contributed by atoms with Gasteiger partial charge in [0.1, 0.15) is 17.3 Å². The summed E-state index contributed by atoms with van der Waals surface area (Å²) in [5.41, 5.74) is 1.04. The van der Waals surface area contributed by atoms with Crippen LogP contribution >= 0.6 is 0 Å². The number of halogens is 1. The van der Waals surface area contributed by atoms with Crippen molar-refractivity contribution in [2.45, 2.75) is 51.6 Å². The number of amides is 1. The van der Waals surface area contributed by atoms with Gasteiger partial charge >= 0.3 is 0 Å². The minimum atomic E-state index is -0.751. The zero-order valence-corrected chi connectivity index (χ0v) is 18.4. The highest BCUT2D eigenvalue weighted by Gasteiger charge is 2.49. The van der Waals surface area contributed by atoms with Crippen molar-refractivity contribution >= 4 is 17.4 Å². The fourth-order valence-corrected chi connectivity index (χ4v) is 4.53. The third-order valence-corrected chi connectivity index (χ3v) is 6.07. The predicted molar refractivity (Wildman–Crippen MR) is 120 cm³/mol. The molecule has 1 N–H and O–H groups in total. The highest BCUT2D eigenvalue weighted by Crippen LogP contribution is 2.43. The number of Topliss-reactive ketones (excluding diaryl/α,β-unsaturated/α-hetero) is 1. The smallest absolute Gasteiger partial charge is 0.295 e. The molecular weight excluding hydrogens is 409 g/mol. The van der Waals surface area contributed by atoms with Gasteiger partial charge in [-0.05, 0) is 48.6 Å². The molecule has 0 aromatic heterocycles. The molecule has 2 aromatic carbocycles. The molecule has 1 atom stereocenters. The van der Waals surface area contributed by atoms with E-state index in [0.29, 0.717) is 29.4 Å². The van der Waals surface area contributed by atoms with E-state index in [1.165, 1.54) is 12.1 Å². The number of carbonyl (C=O) groups excluding carboxylic acids is 2. The van der Waals surface area contributed by atoms with Crippen LogP contribution in [0.1, 0.15) is 56.7 Å². The largest absolute Gasteiger partial charge is 0.507 e. The van der Waals surface area contributed by atoms with Gasteiger partial charge in [-0.3, -0.25) is 9.59 Å². The SMILES string of the molecule is CC(C)COc1cccc(/C(O)=C2/C(=O)C(=O)N(C3CCCC3)C2c2ccc(F)cc2)c1. The van der Waals surface area contributed by atoms with E-state index in [1.807, 2.05) is 13.8 Å². The minimum absolute atomic E-state index is 0.0366. The molecule has 6 heteroatoms. The van der Waals surface area contributed by atoms with Gasteiger partial charge in [-0.2, -0.15) is 0 Å². The standard InChI is InChI=1S/C26H28FNO4/c1-16(2)15-32-21-9-5-6-18(14-21)24(29)22-23(17-10-12-19(27)13-11-17)28(26(31)25(22)30)20-7-3-4-8-20/h5-6,9-14,16,20,23,29H,3-4,7-8,15H2,1-2H3/b24-22-. The number of benzene rings is 2. The van der Waals surface area contributed by atoms with Crippen LogP contribution in [0.15, 0.2) is 54.1 Å². The maximum atomic E-state index is 13.6. The van der Waals surface area contributed by atoms with E-state index in [2.05, 4.69) is 0 Å². The van der Waals surface area contributed by atoms with Gasteiger partial charge in [0, 0.05) is 11.6 Å². The van der Waals surface area contributed by atoms with Gasteiger partial charge in [0.25, 0.3) is 11.7 Å². The summed E-state index contributed by atoms with van der Waals surface area (Å²) in [7, 11) is 0. The fourth-order valence-electron chi connectivity index (χ4n) is 4.53. The molecule has 1 heterocycles. The first-order valence-corrected chi connectivity index (χ1v) is 11.2. The van der Waals surface area contributed by atoms with Crippen molar-refractivity contribution in [2.24, 2.45) is 5.92 Å². The number of hydrogen-bond donors (Lipinski definition) is 1. The molecule has 2 aliphatic rings. The first kappa shape index (κ1) is 22.1. The number of nitrogens with zero attached hydrogens (tertiary/aromatic N) is 1. The fraction of sp³-hybridized carbons (Fsp3) is 0.385. The average Bonchev–Trinajstić information content (AvgIpc) is 3.39. The molecule has 1 aliphatic heterocycles. The molecule has 5 nitrogen and oxygen atoms in total. The van der Waals surface area contributed by atoms with Crippen LogP contribution in [0.25, 0.3) is 5.76 Å². The lowest BCUT2D eigenvalue weighted by Gasteiger charge is -2.30. The molecule has 1 unspecified atom stereocenters. The minimum Gasteiger partial charge on any atom is -0.507 e. The van der Waals surface area contributed by atoms with Crippen LogP contribution in [0.2, 0.25) is 0 Å². The number of aliphatic hydroxyl groups excluding tert-OH is 1. The van der Waals surface area contributed by atoms with Crippen LogP contribution in [-0.4, -0.2) is 34.3 Å². The summed E-state index contributed by atoms with van der Waals surface area (Å²) < 4.78 is 19.4. The number of likely N-dealkylation sites (tertiary alicyclic amines) is 1. The summed E-state index contributed by atoms with van der Waals surface area (Å²) in [6, 6.07) is 11.8. The Kier molecular flexibility index (Phi) is 6.31. The first-order chi connectivity index (χ1) is 15.4. The lowest BCUT2D eigenvalue weighted by Crippen LogP contribution is -2.37. The molecule has 0 bridgehead atoms. The summed E-state index contributed by atoms with van der Waals surface area (Å²) in [5.74, 6) is -1.06. The van der Waals surface area contributed by atoms with Crippen molar-refractivity contribution < 1.29 is 23.8 Å². The van der Waals surface area contributed by atoms with Crippen LogP contribution in [-0.2, 0) is 9.59 Å². The maximum absolute atomic E-state index is 13.6. The zero-order chi connectivity index (χ0) is 22.8. The Morgan fingerprint density at radius 3 is 2.47 bits per heavy atom. The first-order valence-electron chi connectivity index (χ1n) is 11.2. The Balaban J connectivity index is 1.80. The second-order valence-corrected chi connectivity index (χ2v) is 8.93. The van der Waals surface area contributed by atoms with E-state index in [1.54, 1.807) is 41.3 Å². The van der Waals surface area contributed by atoms with Gasteiger partial charge in [-0.25, -0.2) is 4.39 Å². The second-order valence-electron chi connectivity index (χ2n) is 8.93. The highest BCUT2D eigenvalue weighted by molar-refractivity contribution is 6.46. The second kappa shape index (κ2) is 9.15. The number of carbonyl (C=O) groups is 2. The van der Waals surface area contributed by atoms with Crippen LogP contribution in [0.4, 0.5) is 4.39 Å². The van der Waals surface area contributed by atoms with E-state index in [0.717, 1.165) is 25.7 Å². The molecule has 2 aromatic rings. The Hall–Kier alpha value is -3.15. The van der Waals surface area contributed by atoms with Gasteiger partial charge < -0.3 is 14.7 Å². The van der Waals surface area contributed by atoms with Crippen molar-refractivity contribution in [1.82, 2.24) is 4.90 Å². The third-order valence-electron chi connectivity index (χ3n) is 6.07. The number of rotatable bonds is 6. The Morgan fingerprint density at radius 1 is 1.12 bits per heavy atom. The van der Waals surface area contributed by atoms with Gasteiger partial charge in [-0.1, -0.05) is 51.0 Å². The van der Waals surface area contributed by atoms with E-state index in [4.69, 9.17) is 4.74 Å². The predicted octanol–water partition coefficient (Wildman–Crippen LogP) is 5.22. The van der Waals surface area contributed by atoms with Crippen LogP contribution in [0.3, 0.4) is 0 Å². The van der Waals surface area contributed by atoms with E-state index < -0.39 is 23.5 Å². The van der Waals surface area contributed by atoms with Crippen molar-refractivity contribution in [3.05, 3.63) is 71.0 Å². The van der Waals surface area contributed by atoms with E-state index in [9.17, 15) is 19.1 Å². The van der Waals surface area contributed by atoms with E-state index >= 15 is 0 Å². The van der Waals surface area contributed by atoms with Gasteiger partial charge in [-0.15, -0.1) is 0 Å². The summed E-state index contributed by atoms with van der Waals surface area (Å²) in [6.07, 6.45) is 3.59. The van der Waals surface area contributed by atoms with Crippen molar-refractivity contribution in [2.75, 3.05) is 6.61 Å². The lowest BCUT2D eigenvalue weighted by molar-refractivity contribution is -0.141. The molecule has 0 radical (unpaired) electrons. The lowest BCUT2D eigenvalue weighted by atomic mass is 9.94. The molecule has 4 rings (SSSR count). The molecule has 1 amide bonds. The van der Waals surface area contributed by atoms with E-state index in [-0.39, 0.29) is 17.4 Å². The quantitative estimate of drug-likeness (QED) is 0.382. The molecule has 2 fully saturated rings. The van der Waals surface area contributed by atoms with Crippen molar-refractivity contribution in [1.29, 1.82) is 0 Å². The number of ether oxygens (including phenoxy) is 1. The Labute approximate surface area is 187 Å². The normalized spacial score (nSPS) is 21.0. The summed E-state index contributed by atoms with van der Waals surface area (Å²) in [6.45, 7) is 4.60. The van der Waals surface area contributed by atoms with Gasteiger partial charge in [0.15, 0.2) is 0 Å². The zero-order valence-electron chi connectivity index (χ0n) is 18.4. The molecule has 1 saturated carbocycles. The van der Waals surface area contributed by atoms with Crippen LogP contribution in [0.5, 0.6) is 5.75 Å². The van der Waals surface area contributed by atoms with Gasteiger partial charge in [0.05, 0.1) is 18.2 Å². The van der Waals surface area contributed by atoms with Crippen molar-refractivity contribution in [3.8, 4) is 5.75 Å². The number of aliphatic hydroxyl groups is 1. The monoisotopic (exact) mass is 437 g/mol. The van der Waals surface area contributed by atoms with Gasteiger partial charge in [0.2, 0.25) is 0 Å². The maximum Gasteiger partial charge on any atom is 0.295 e. The average molecular weight is 438 g/mol. The van der Waals surface area contributed by atoms with Crippen molar-refractivity contribution in [3.63, 3.8) is 0 Å². The molecular formula is C26H28FNO4. The summed E-state index contributed by atoms with van der Waals surface area (Å²) >= 11 is 0.